The molecule has 1 aromatic heterocycles. The van der Waals surface area contributed by atoms with Crippen LogP contribution < -0.4 is 20.1 Å². The fourth-order valence-corrected chi connectivity index (χ4v) is 4.10. The van der Waals surface area contributed by atoms with Gasteiger partial charge in [-0.15, -0.1) is 0 Å². The number of ether oxygens (including phenoxy) is 2. The molecule has 6 heteroatoms. The Bertz CT molecular complexity index is 1050. The standard InChI is InChI=1S/C25H25N3O3/c29-25(21-7-4-14-26-21)28-19-9-13-24(27-16-19)30-20-10-12-23-18(15-20)8-11-22(31-23)17-5-2-1-3-6-17/h1-3,5-6,9-10,12-13,15-16,21-22,26H,4,7-8,11,14H2,(H,28,29). The van der Waals surface area contributed by atoms with Crippen LogP contribution in [0.15, 0.2) is 66.9 Å². The number of fused-ring (bicyclic) bond motifs is 1. The Morgan fingerprint density at radius 3 is 2.77 bits per heavy atom. The van der Waals surface area contributed by atoms with E-state index in [2.05, 4.69) is 27.8 Å². The minimum atomic E-state index is -0.116. The molecule has 1 saturated heterocycles. The number of amides is 1. The number of hydrogen-bond acceptors (Lipinski definition) is 5. The van der Waals surface area contributed by atoms with Gasteiger partial charge in [0.15, 0.2) is 0 Å². The van der Waals surface area contributed by atoms with Crippen LogP contribution in [-0.2, 0) is 11.2 Å². The molecule has 1 amide bonds. The predicted molar refractivity (Wildman–Crippen MR) is 119 cm³/mol. The Labute approximate surface area is 181 Å². The molecule has 3 heterocycles. The summed E-state index contributed by atoms with van der Waals surface area (Å²) < 4.78 is 12.1. The first-order chi connectivity index (χ1) is 15.2. The van der Waals surface area contributed by atoms with E-state index in [4.69, 9.17) is 9.47 Å². The van der Waals surface area contributed by atoms with Gasteiger partial charge in [-0.3, -0.25) is 4.79 Å². The quantitative estimate of drug-likeness (QED) is 0.636. The number of anilines is 1. The van der Waals surface area contributed by atoms with Gasteiger partial charge in [-0.05, 0) is 67.6 Å². The van der Waals surface area contributed by atoms with Crippen LogP contribution in [0, 0.1) is 0 Å². The zero-order valence-corrected chi connectivity index (χ0v) is 17.2. The summed E-state index contributed by atoms with van der Waals surface area (Å²) in [6.45, 7) is 0.891. The van der Waals surface area contributed by atoms with Crippen molar-refractivity contribution in [3.8, 4) is 17.4 Å². The van der Waals surface area contributed by atoms with E-state index in [0.29, 0.717) is 11.6 Å². The van der Waals surface area contributed by atoms with E-state index in [-0.39, 0.29) is 18.1 Å². The second kappa shape index (κ2) is 8.78. The number of aryl methyl sites for hydroxylation is 1. The van der Waals surface area contributed by atoms with Gasteiger partial charge >= 0.3 is 0 Å². The summed E-state index contributed by atoms with van der Waals surface area (Å²) >= 11 is 0. The molecule has 2 unspecified atom stereocenters. The van der Waals surface area contributed by atoms with E-state index < -0.39 is 0 Å². The van der Waals surface area contributed by atoms with E-state index in [0.717, 1.165) is 49.3 Å². The number of carbonyl (C=O) groups is 1. The molecule has 2 N–H and O–H groups in total. The molecule has 1 fully saturated rings. The van der Waals surface area contributed by atoms with Crippen LogP contribution in [0.1, 0.15) is 36.5 Å². The highest BCUT2D eigenvalue weighted by Gasteiger charge is 2.23. The predicted octanol–water partition coefficient (Wildman–Crippen LogP) is 4.63. The van der Waals surface area contributed by atoms with Gasteiger partial charge in [0.1, 0.15) is 17.6 Å². The summed E-state index contributed by atoms with van der Waals surface area (Å²) in [4.78, 5) is 16.5. The van der Waals surface area contributed by atoms with Gasteiger partial charge in [0.05, 0.1) is 17.9 Å². The van der Waals surface area contributed by atoms with Crippen LogP contribution in [0.5, 0.6) is 17.4 Å². The lowest BCUT2D eigenvalue weighted by Crippen LogP contribution is -2.35. The smallest absolute Gasteiger partial charge is 0.241 e. The van der Waals surface area contributed by atoms with Gasteiger partial charge < -0.3 is 20.1 Å². The van der Waals surface area contributed by atoms with Gasteiger partial charge in [0, 0.05) is 6.07 Å². The second-order valence-corrected chi connectivity index (χ2v) is 7.95. The summed E-state index contributed by atoms with van der Waals surface area (Å²) in [5, 5.41) is 6.09. The van der Waals surface area contributed by atoms with Crippen molar-refractivity contribution < 1.29 is 14.3 Å². The number of carbonyl (C=O) groups excluding carboxylic acids is 1. The fourth-order valence-electron chi connectivity index (χ4n) is 4.10. The molecule has 2 aliphatic heterocycles. The Morgan fingerprint density at radius 2 is 2.00 bits per heavy atom. The number of nitrogens with zero attached hydrogens (tertiary/aromatic N) is 1. The molecule has 0 bridgehead atoms. The summed E-state index contributed by atoms with van der Waals surface area (Å²) in [5.41, 5.74) is 3.00. The highest BCUT2D eigenvalue weighted by Crippen LogP contribution is 2.37. The third kappa shape index (κ3) is 4.54. The van der Waals surface area contributed by atoms with Gasteiger partial charge in [-0.2, -0.15) is 0 Å². The summed E-state index contributed by atoms with van der Waals surface area (Å²) in [6, 6.07) is 19.6. The number of aromatic nitrogens is 1. The lowest BCUT2D eigenvalue weighted by atomic mass is 9.97. The maximum absolute atomic E-state index is 12.2. The van der Waals surface area contributed by atoms with Crippen molar-refractivity contribution in [2.45, 2.75) is 37.8 Å². The Balaban J connectivity index is 1.21. The van der Waals surface area contributed by atoms with Crippen molar-refractivity contribution >= 4 is 11.6 Å². The lowest BCUT2D eigenvalue weighted by Gasteiger charge is -2.26. The lowest BCUT2D eigenvalue weighted by molar-refractivity contribution is -0.117. The van der Waals surface area contributed by atoms with Crippen molar-refractivity contribution in [3.63, 3.8) is 0 Å². The van der Waals surface area contributed by atoms with Crippen LogP contribution in [0.3, 0.4) is 0 Å². The van der Waals surface area contributed by atoms with Crippen molar-refractivity contribution in [2.24, 2.45) is 0 Å². The maximum Gasteiger partial charge on any atom is 0.241 e. The molecule has 0 spiro atoms. The van der Waals surface area contributed by atoms with E-state index in [1.165, 1.54) is 5.56 Å². The van der Waals surface area contributed by atoms with Gasteiger partial charge in [0.25, 0.3) is 0 Å². The van der Waals surface area contributed by atoms with E-state index >= 15 is 0 Å². The molecular formula is C25H25N3O3. The average Bonchev–Trinajstić information content (AvgIpc) is 3.36. The molecule has 0 saturated carbocycles. The minimum absolute atomic E-state index is 0.0172. The normalized spacial score (nSPS) is 19.9. The zero-order chi connectivity index (χ0) is 21.0. The van der Waals surface area contributed by atoms with Gasteiger partial charge in [0.2, 0.25) is 11.8 Å². The molecule has 6 nitrogen and oxygen atoms in total. The molecule has 2 atom stereocenters. The number of nitrogens with one attached hydrogen (secondary N) is 2. The molecule has 3 aromatic rings. The van der Waals surface area contributed by atoms with Crippen molar-refractivity contribution in [2.75, 3.05) is 11.9 Å². The molecule has 0 aliphatic carbocycles. The molecule has 2 aliphatic rings. The first kappa shape index (κ1) is 19.6. The largest absolute Gasteiger partial charge is 0.485 e. The molecule has 5 rings (SSSR count). The summed E-state index contributed by atoms with van der Waals surface area (Å²) in [6.07, 6.45) is 5.47. The van der Waals surface area contributed by atoms with Gasteiger partial charge in [-0.1, -0.05) is 30.3 Å². The van der Waals surface area contributed by atoms with Gasteiger partial charge in [-0.25, -0.2) is 4.98 Å². The van der Waals surface area contributed by atoms with Crippen LogP contribution in [-0.4, -0.2) is 23.5 Å². The Morgan fingerprint density at radius 1 is 1.10 bits per heavy atom. The third-order valence-electron chi connectivity index (χ3n) is 5.75. The number of hydrogen-bond donors (Lipinski definition) is 2. The van der Waals surface area contributed by atoms with Crippen molar-refractivity contribution in [1.82, 2.24) is 10.3 Å². The molecular weight excluding hydrogens is 390 g/mol. The minimum Gasteiger partial charge on any atom is -0.485 e. The van der Waals surface area contributed by atoms with Crippen LogP contribution >= 0.6 is 0 Å². The Hall–Kier alpha value is -3.38. The first-order valence-electron chi connectivity index (χ1n) is 10.8. The van der Waals surface area contributed by atoms with E-state index in [9.17, 15) is 4.79 Å². The van der Waals surface area contributed by atoms with Crippen LogP contribution in [0.2, 0.25) is 0 Å². The molecule has 0 radical (unpaired) electrons. The first-order valence-corrected chi connectivity index (χ1v) is 10.8. The second-order valence-electron chi connectivity index (χ2n) is 7.95. The monoisotopic (exact) mass is 415 g/mol. The van der Waals surface area contributed by atoms with E-state index in [1.807, 2.05) is 36.4 Å². The fraction of sp³-hybridized carbons (Fsp3) is 0.280. The van der Waals surface area contributed by atoms with Crippen molar-refractivity contribution in [1.29, 1.82) is 0 Å². The summed E-state index contributed by atoms with van der Waals surface area (Å²) in [5.74, 6) is 2.09. The van der Waals surface area contributed by atoms with Crippen LogP contribution in [0.4, 0.5) is 5.69 Å². The third-order valence-corrected chi connectivity index (χ3v) is 5.75. The average molecular weight is 415 g/mol. The highest BCUT2D eigenvalue weighted by molar-refractivity contribution is 5.94. The highest BCUT2D eigenvalue weighted by atomic mass is 16.5. The SMILES string of the molecule is O=C(Nc1ccc(Oc2ccc3c(c2)CCC(c2ccccc2)O3)nc1)C1CCCN1. The maximum atomic E-state index is 12.2. The van der Waals surface area contributed by atoms with Crippen LogP contribution in [0.25, 0.3) is 0 Å². The molecule has 158 valence electrons. The number of benzene rings is 2. The Kier molecular flexibility index (Phi) is 5.54. The topological polar surface area (TPSA) is 72.5 Å². The molecule has 31 heavy (non-hydrogen) atoms. The number of pyridine rings is 1. The molecule has 2 aromatic carbocycles. The zero-order valence-electron chi connectivity index (χ0n) is 17.2. The van der Waals surface area contributed by atoms with Crippen molar-refractivity contribution in [3.05, 3.63) is 78.0 Å². The number of rotatable bonds is 5. The summed E-state index contributed by atoms with van der Waals surface area (Å²) in [7, 11) is 0. The van der Waals surface area contributed by atoms with E-state index in [1.54, 1.807) is 18.3 Å².